The van der Waals surface area contributed by atoms with E-state index in [-0.39, 0.29) is 18.5 Å². The second kappa shape index (κ2) is 9.98. The highest BCUT2D eigenvalue weighted by molar-refractivity contribution is 5.95. The van der Waals surface area contributed by atoms with Crippen molar-refractivity contribution in [3.63, 3.8) is 0 Å². The number of carbonyl (C=O) groups excluding carboxylic acids is 1. The van der Waals surface area contributed by atoms with Gasteiger partial charge < -0.3 is 25.0 Å². The van der Waals surface area contributed by atoms with E-state index in [4.69, 9.17) is 9.26 Å². The summed E-state index contributed by atoms with van der Waals surface area (Å²) in [5, 5.41) is 20.7. The molecule has 0 saturated carbocycles. The smallest absolute Gasteiger partial charge is 0.339 e. The number of carbonyl (C=O) groups is 1. The van der Waals surface area contributed by atoms with Gasteiger partial charge in [-0.1, -0.05) is 42.4 Å². The first-order valence-corrected chi connectivity index (χ1v) is 12.1. The molecule has 2 aromatic carbocycles. The molecule has 1 unspecified atom stereocenters. The highest BCUT2D eigenvalue weighted by atomic mass is 16.6. The molecule has 10 heteroatoms. The maximum Gasteiger partial charge on any atom is 0.339 e. The number of aromatic nitrogens is 4. The molecule has 2 aromatic heterocycles. The molecule has 1 aliphatic rings. The van der Waals surface area contributed by atoms with Gasteiger partial charge in [0.25, 0.3) is 5.89 Å². The number of aliphatic hydroxyl groups is 1. The molecule has 3 heterocycles. The lowest BCUT2D eigenvalue weighted by atomic mass is 9.95. The summed E-state index contributed by atoms with van der Waals surface area (Å²) in [6, 6.07) is 14.5. The summed E-state index contributed by atoms with van der Waals surface area (Å²) in [5.74, 6) is 1.29. The minimum atomic E-state index is -0.722. The SMILES string of the molecule is CCCc1noc(-c2cnc(Nc3ccc4c(c3)C(C)(C)OC4=O)nc2NC(CO)c2ccccc2)n1. The zero-order valence-electron chi connectivity index (χ0n) is 20.9. The van der Waals surface area contributed by atoms with Crippen LogP contribution < -0.4 is 10.6 Å². The minimum absolute atomic E-state index is 0.158. The molecule has 10 nitrogen and oxygen atoms in total. The normalized spacial score (nSPS) is 14.6. The van der Waals surface area contributed by atoms with Crippen molar-refractivity contribution in [2.45, 2.75) is 45.3 Å². The van der Waals surface area contributed by atoms with Crippen LogP contribution in [0.15, 0.2) is 59.3 Å². The predicted octanol–water partition coefficient (Wildman–Crippen LogP) is 4.77. The van der Waals surface area contributed by atoms with E-state index in [1.165, 1.54) is 0 Å². The fourth-order valence-electron chi connectivity index (χ4n) is 4.25. The van der Waals surface area contributed by atoms with Crippen molar-refractivity contribution >= 4 is 23.4 Å². The molecule has 0 aliphatic carbocycles. The molecule has 1 atom stereocenters. The molecule has 0 radical (unpaired) electrons. The summed E-state index contributed by atoms with van der Waals surface area (Å²) >= 11 is 0. The van der Waals surface area contributed by atoms with Crippen LogP contribution in [0.3, 0.4) is 0 Å². The van der Waals surface area contributed by atoms with Crippen LogP contribution in [0.25, 0.3) is 11.5 Å². The van der Waals surface area contributed by atoms with E-state index >= 15 is 0 Å². The lowest BCUT2D eigenvalue weighted by molar-refractivity contribution is 0.00954. The summed E-state index contributed by atoms with van der Waals surface area (Å²) in [5.41, 5.74) is 2.72. The maximum absolute atomic E-state index is 12.1. The number of aryl methyl sites for hydroxylation is 1. The molecule has 190 valence electrons. The number of aliphatic hydroxyl groups excluding tert-OH is 1. The lowest BCUT2D eigenvalue weighted by Gasteiger charge is -2.20. The minimum Gasteiger partial charge on any atom is -0.451 e. The standard InChI is InChI=1S/C27H28N6O4/c1-4-8-22-31-24(37-33-22)19-14-28-26(32-23(19)30-21(15-34)16-9-6-5-7-10-16)29-17-11-12-18-20(13-17)27(2,3)36-25(18)35/h5-7,9-14,21,34H,4,8,15H2,1-3H3,(H2,28,29,30,32). The summed E-state index contributed by atoms with van der Waals surface area (Å²) in [6.07, 6.45) is 3.18. The fraction of sp³-hybridized carbons (Fsp3) is 0.296. The third kappa shape index (κ3) is 5.01. The number of hydrogen-bond acceptors (Lipinski definition) is 10. The molecular formula is C27H28N6O4. The summed E-state index contributed by atoms with van der Waals surface area (Å²) in [7, 11) is 0. The van der Waals surface area contributed by atoms with Gasteiger partial charge in [0.1, 0.15) is 17.0 Å². The average Bonchev–Trinajstić information content (AvgIpc) is 3.44. The Kier molecular flexibility index (Phi) is 6.58. The zero-order valence-corrected chi connectivity index (χ0v) is 20.9. The molecule has 3 N–H and O–H groups in total. The topological polar surface area (TPSA) is 135 Å². The van der Waals surface area contributed by atoms with Crippen molar-refractivity contribution in [3.8, 4) is 11.5 Å². The van der Waals surface area contributed by atoms with E-state index in [1.807, 2.05) is 57.2 Å². The van der Waals surface area contributed by atoms with E-state index in [2.05, 4.69) is 30.7 Å². The third-order valence-electron chi connectivity index (χ3n) is 6.15. The number of nitrogens with one attached hydrogen (secondary N) is 2. The van der Waals surface area contributed by atoms with E-state index < -0.39 is 11.6 Å². The molecule has 0 amide bonds. The number of anilines is 3. The first kappa shape index (κ1) is 24.4. The number of fused-ring (bicyclic) bond motifs is 1. The van der Waals surface area contributed by atoms with E-state index in [0.29, 0.717) is 40.8 Å². The molecule has 0 saturated heterocycles. The van der Waals surface area contributed by atoms with Crippen molar-refractivity contribution < 1.29 is 19.2 Å². The molecule has 1 aliphatic heterocycles. The molecule has 37 heavy (non-hydrogen) atoms. The Labute approximate surface area is 214 Å². The van der Waals surface area contributed by atoms with Crippen molar-refractivity contribution in [2.24, 2.45) is 0 Å². The Morgan fingerprint density at radius 1 is 1.08 bits per heavy atom. The Hall–Kier alpha value is -4.31. The van der Waals surface area contributed by atoms with Gasteiger partial charge in [-0.15, -0.1) is 0 Å². The number of cyclic esters (lactones) is 1. The lowest BCUT2D eigenvalue weighted by Crippen LogP contribution is -2.17. The van der Waals surface area contributed by atoms with Gasteiger partial charge >= 0.3 is 5.97 Å². The third-order valence-corrected chi connectivity index (χ3v) is 6.15. The largest absolute Gasteiger partial charge is 0.451 e. The zero-order chi connectivity index (χ0) is 26.0. The second-order valence-corrected chi connectivity index (χ2v) is 9.30. The molecular weight excluding hydrogens is 472 g/mol. The van der Waals surface area contributed by atoms with Gasteiger partial charge in [-0.3, -0.25) is 0 Å². The summed E-state index contributed by atoms with van der Waals surface area (Å²) in [6.45, 7) is 5.59. The van der Waals surface area contributed by atoms with Crippen LogP contribution in [0.1, 0.15) is 60.5 Å². The van der Waals surface area contributed by atoms with Gasteiger partial charge in [-0.05, 0) is 44.0 Å². The molecule has 5 rings (SSSR count). The summed E-state index contributed by atoms with van der Waals surface area (Å²) in [4.78, 5) is 25.8. The van der Waals surface area contributed by atoms with Gasteiger partial charge in [0.2, 0.25) is 5.95 Å². The summed E-state index contributed by atoms with van der Waals surface area (Å²) < 4.78 is 11.0. The van der Waals surface area contributed by atoms with E-state index in [0.717, 1.165) is 17.5 Å². The van der Waals surface area contributed by atoms with Crippen LogP contribution in [0.4, 0.5) is 17.5 Å². The Morgan fingerprint density at radius 3 is 2.65 bits per heavy atom. The van der Waals surface area contributed by atoms with Crippen LogP contribution >= 0.6 is 0 Å². The fourth-order valence-corrected chi connectivity index (χ4v) is 4.25. The van der Waals surface area contributed by atoms with Crippen LogP contribution in [-0.2, 0) is 16.8 Å². The van der Waals surface area contributed by atoms with Crippen LogP contribution in [0, 0.1) is 0 Å². The molecule has 0 fully saturated rings. The number of nitrogens with zero attached hydrogens (tertiary/aromatic N) is 4. The van der Waals surface area contributed by atoms with Gasteiger partial charge in [-0.2, -0.15) is 9.97 Å². The monoisotopic (exact) mass is 500 g/mol. The van der Waals surface area contributed by atoms with E-state index in [1.54, 1.807) is 18.3 Å². The molecule has 0 spiro atoms. The number of rotatable bonds is 9. The van der Waals surface area contributed by atoms with Gasteiger partial charge in [0.15, 0.2) is 5.82 Å². The van der Waals surface area contributed by atoms with Crippen LogP contribution in [0.5, 0.6) is 0 Å². The Balaban J connectivity index is 1.50. The highest BCUT2D eigenvalue weighted by Crippen LogP contribution is 2.38. The van der Waals surface area contributed by atoms with Crippen molar-refractivity contribution in [1.29, 1.82) is 0 Å². The number of benzene rings is 2. The predicted molar refractivity (Wildman–Crippen MR) is 137 cm³/mol. The maximum atomic E-state index is 12.1. The first-order chi connectivity index (χ1) is 17.9. The number of hydrogen-bond donors (Lipinski definition) is 3. The van der Waals surface area contributed by atoms with Crippen molar-refractivity contribution in [3.05, 3.63) is 77.2 Å². The van der Waals surface area contributed by atoms with E-state index in [9.17, 15) is 9.90 Å². The highest BCUT2D eigenvalue weighted by Gasteiger charge is 2.37. The van der Waals surface area contributed by atoms with Crippen LogP contribution in [0.2, 0.25) is 0 Å². The van der Waals surface area contributed by atoms with Crippen molar-refractivity contribution in [1.82, 2.24) is 20.1 Å². The van der Waals surface area contributed by atoms with Gasteiger partial charge in [-0.25, -0.2) is 9.78 Å². The molecule has 4 aromatic rings. The average molecular weight is 501 g/mol. The quantitative estimate of drug-likeness (QED) is 0.276. The second-order valence-electron chi connectivity index (χ2n) is 9.30. The number of esters is 1. The van der Waals surface area contributed by atoms with Crippen LogP contribution in [-0.4, -0.2) is 37.8 Å². The number of ether oxygens (including phenoxy) is 1. The van der Waals surface area contributed by atoms with Gasteiger partial charge in [0.05, 0.1) is 18.2 Å². The molecule has 0 bridgehead atoms. The first-order valence-electron chi connectivity index (χ1n) is 12.1. The Morgan fingerprint density at radius 2 is 1.89 bits per heavy atom. The van der Waals surface area contributed by atoms with Gasteiger partial charge in [0, 0.05) is 23.9 Å². The Bertz CT molecular complexity index is 1420. The van der Waals surface area contributed by atoms with Crippen molar-refractivity contribution in [2.75, 3.05) is 17.2 Å².